The Kier molecular flexibility index (Phi) is 6.50. The van der Waals surface area contributed by atoms with Crippen LogP contribution in [-0.2, 0) is 6.42 Å². The second-order valence-corrected chi connectivity index (χ2v) is 6.86. The highest BCUT2D eigenvalue weighted by atomic mass is 35.5. The fourth-order valence-electron chi connectivity index (χ4n) is 2.82. The Balaban J connectivity index is 1.64. The zero-order chi connectivity index (χ0) is 19.9. The number of carbonyl (C=O) groups excluding carboxylic acids is 1. The molecule has 144 valence electrons. The lowest BCUT2D eigenvalue weighted by Crippen LogP contribution is -2.25. The van der Waals surface area contributed by atoms with Gasteiger partial charge in [0.1, 0.15) is 5.75 Å². The van der Waals surface area contributed by atoms with E-state index in [0.717, 1.165) is 22.6 Å². The van der Waals surface area contributed by atoms with Gasteiger partial charge in [-0.05, 0) is 54.8 Å². The van der Waals surface area contributed by atoms with Gasteiger partial charge in [0.2, 0.25) is 0 Å². The lowest BCUT2D eigenvalue weighted by atomic mass is 10.1. The van der Waals surface area contributed by atoms with Crippen LogP contribution in [0.15, 0.2) is 60.9 Å². The summed E-state index contributed by atoms with van der Waals surface area (Å²) < 4.78 is 5.38. The van der Waals surface area contributed by atoms with Gasteiger partial charge in [-0.25, -0.2) is 0 Å². The fourth-order valence-corrected chi connectivity index (χ4v) is 3.04. The van der Waals surface area contributed by atoms with Crippen molar-refractivity contribution < 1.29 is 9.53 Å². The van der Waals surface area contributed by atoms with Crippen LogP contribution in [-0.4, -0.2) is 24.5 Å². The SMILES string of the molecule is COc1ccc(C)cc1Nc1cncc(C(=O)NCCc2cccc(Cl)c2)c1. The molecule has 3 rings (SSSR count). The first-order valence-electron chi connectivity index (χ1n) is 8.94. The van der Waals surface area contributed by atoms with Gasteiger partial charge >= 0.3 is 0 Å². The molecule has 28 heavy (non-hydrogen) atoms. The van der Waals surface area contributed by atoms with Crippen molar-refractivity contribution in [2.24, 2.45) is 0 Å². The molecule has 0 spiro atoms. The number of halogens is 1. The average Bonchev–Trinajstić information content (AvgIpc) is 2.68. The van der Waals surface area contributed by atoms with Crippen LogP contribution in [0.3, 0.4) is 0 Å². The number of hydrogen-bond donors (Lipinski definition) is 2. The number of aromatic nitrogens is 1. The maximum Gasteiger partial charge on any atom is 0.252 e. The van der Waals surface area contributed by atoms with Gasteiger partial charge < -0.3 is 15.4 Å². The second-order valence-electron chi connectivity index (χ2n) is 6.43. The summed E-state index contributed by atoms with van der Waals surface area (Å²) in [5.74, 6) is 0.552. The Hall–Kier alpha value is -3.05. The van der Waals surface area contributed by atoms with Crippen molar-refractivity contribution in [2.45, 2.75) is 13.3 Å². The van der Waals surface area contributed by atoms with Crippen LogP contribution in [0.2, 0.25) is 5.02 Å². The lowest BCUT2D eigenvalue weighted by molar-refractivity contribution is 0.0954. The summed E-state index contributed by atoms with van der Waals surface area (Å²) in [5.41, 5.74) is 4.20. The molecule has 0 radical (unpaired) electrons. The van der Waals surface area contributed by atoms with Crippen LogP contribution in [0.1, 0.15) is 21.5 Å². The van der Waals surface area contributed by atoms with E-state index in [-0.39, 0.29) is 5.91 Å². The number of methoxy groups -OCH3 is 1. The molecule has 0 aliphatic heterocycles. The molecule has 1 aromatic heterocycles. The van der Waals surface area contributed by atoms with Gasteiger partial charge in [0, 0.05) is 17.8 Å². The molecule has 0 unspecified atom stereocenters. The Morgan fingerprint density at radius 2 is 2.00 bits per heavy atom. The van der Waals surface area contributed by atoms with Crippen molar-refractivity contribution in [1.29, 1.82) is 0 Å². The van der Waals surface area contributed by atoms with Crippen LogP contribution < -0.4 is 15.4 Å². The van der Waals surface area contributed by atoms with E-state index in [0.29, 0.717) is 29.2 Å². The molecule has 6 heteroatoms. The van der Waals surface area contributed by atoms with Gasteiger partial charge in [-0.1, -0.05) is 29.8 Å². The van der Waals surface area contributed by atoms with Gasteiger partial charge in [-0.15, -0.1) is 0 Å². The normalized spacial score (nSPS) is 10.4. The summed E-state index contributed by atoms with van der Waals surface area (Å²) >= 11 is 5.99. The number of amides is 1. The summed E-state index contributed by atoms with van der Waals surface area (Å²) in [7, 11) is 1.62. The molecular weight excluding hydrogens is 374 g/mol. The van der Waals surface area contributed by atoms with E-state index in [1.807, 2.05) is 49.4 Å². The Labute approximate surface area is 169 Å². The monoisotopic (exact) mass is 395 g/mol. The van der Waals surface area contributed by atoms with E-state index in [2.05, 4.69) is 15.6 Å². The number of carbonyl (C=O) groups is 1. The molecular formula is C22H22ClN3O2. The number of aryl methyl sites for hydroxylation is 1. The smallest absolute Gasteiger partial charge is 0.252 e. The number of pyridine rings is 1. The molecule has 0 fully saturated rings. The average molecular weight is 396 g/mol. The predicted molar refractivity (Wildman–Crippen MR) is 113 cm³/mol. The Bertz CT molecular complexity index is 976. The molecule has 1 amide bonds. The summed E-state index contributed by atoms with van der Waals surface area (Å²) in [5, 5.41) is 6.87. The van der Waals surface area contributed by atoms with Gasteiger partial charge in [0.25, 0.3) is 5.91 Å². The standard InChI is InChI=1S/C22H22ClN3O2/c1-15-6-7-21(28-2)20(10-15)26-19-12-17(13-24-14-19)22(27)25-9-8-16-4-3-5-18(23)11-16/h3-7,10-14,26H,8-9H2,1-2H3,(H,25,27). The van der Waals surface area contributed by atoms with Crippen molar-refractivity contribution >= 4 is 28.9 Å². The quantitative estimate of drug-likeness (QED) is 0.605. The highest BCUT2D eigenvalue weighted by molar-refractivity contribution is 6.30. The maximum atomic E-state index is 12.5. The van der Waals surface area contributed by atoms with E-state index in [9.17, 15) is 4.79 Å². The number of rotatable bonds is 7. The molecule has 0 atom stereocenters. The fraction of sp³-hybridized carbons (Fsp3) is 0.182. The van der Waals surface area contributed by atoms with Crippen molar-refractivity contribution in [3.63, 3.8) is 0 Å². The minimum Gasteiger partial charge on any atom is -0.495 e. The van der Waals surface area contributed by atoms with E-state index in [4.69, 9.17) is 16.3 Å². The van der Waals surface area contributed by atoms with Crippen molar-refractivity contribution in [2.75, 3.05) is 19.0 Å². The van der Waals surface area contributed by atoms with Gasteiger partial charge in [-0.3, -0.25) is 9.78 Å². The molecule has 0 aliphatic carbocycles. The zero-order valence-corrected chi connectivity index (χ0v) is 16.6. The number of anilines is 2. The van der Waals surface area contributed by atoms with Crippen LogP contribution in [0.25, 0.3) is 0 Å². The van der Waals surface area contributed by atoms with E-state index in [1.165, 1.54) is 0 Å². The summed E-state index contributed by atoms with van der Waals surface area (Å²) in [6, 6.07) is 15.2. The molecule has 2 N–H and O–H groups in total. The van der Waals surface area contributed by atoms with Crippen molar-refractivity contribution in [3.05, 3.63) is 82.6 Å². The van der Waals surface area contributed by atoms with Crippen molar-refractivity contribution in [3.8, 4) is 5.75 Å². The van der Waals surface area contributed by atoms with Crippen LogP contribution >= 0.6 is 11.6 Å². The van der Waals surface area contributed by atoms with E-state index < -0.39 is 0 Å². The Morgan fingerprint density at radius 3 is 2.79 bits per heavy atom. The molecule has 3 aromatic rings. The van der Waals surface area contributed by atoms with Crippen LogP contribution in [0, 0.1) is 6.92 Å². The Morgan fingerprint density at radius 1 is 1.14 bits per heavy atom. The van der Waals surface area contributed by atoms with Gasteiger partial charge in [0.05, 0.1) is 30.2 Å². The third kappa shape index (κ3) is 5.24. The largest absolute Gasteiger partial charge is 0.495 e. The highest BCUT2D eigenvalue weighted by Gasteiger charge is 2.09. The number of ether oxygens (including phenoxy) is 1. The number of nitrogens with zero attached hydrogens (tertiary/aromatic N) is 1. The van der Waals surface area contributed by atoms with E-state index >= 15 is 0 Å². The zero-order valence-electron chi connectivity index (χ0n) is 15.8. The first-order chi connectivity index (χ1) is 13.5. The van der Waals surface area contributed by atoms with Gasteiger partial charge in [-0.2, -0.15) is 0 Å². The van der Waals surface area contributed by atoms with Crippen LogP contribution in [0.5, 0.6) is 5.75 Å². The predicted octanol–water partition coefficient (Wildman–Crippen LogP) is 4.77. The number of hydrogen-bond acceptors (Lipinski definition) is 4. The molecule has 0 aliphatic rings. The lowest BCUT2D eigenvalue weighted by Gasteiger charge is -2.12. The molecule has 5 nitrogen and oxygen atoms in total. The minimum atomic E-state index is -0.172. The molecule has 0 saturated heterocycles. The molecule has 1 heterocycles. The third-order valence-electron chi connectivity index (χ3n) is 4.22. The van der Waals surface area contributed by atoms with Crippen LogP contribution in [0.4, 0.5) is 11.4 Å². The molecule has 0 saturated carbocycles. The number of nitrogens with one attached hydrogen (secondary N) is 2. The second kappa shape index (κ2) is 9.24. The van der Waals surface area contributed by atoms with Gasteiger partial charge in [0.15, 0.2) is 0 Å². The number of benzene rings is 2. The first kappa shape index (κ1) is 19.7. The molecule has 0 bridgehead atoms. The van der Waals surface area contributed by atoms with E-state index in [1.54, 1.807) is 25.6 Å². The van der Waals surface area contributed by atoms with Crippen molar-refractivity contribution in [1.82, 2.24) is 10.3 Å². The summed E-state index contributed by atoms with van der Waals surface area (Å²) in [4.78, 5) is 16.6. The summed E-state index contributed by atoms with van der Waals surface area (Å²) in [6.07, 6.45) is 3.93. The highest BCUT2D eigenvalue weighted by Crippen LogP contribution is 2.28. The minimum absolute atomic E-state index is 0.172. The first-order valence-corrected chi connectivity index (χ1v) is 9.32. The molecule has 2 aromatic carbocycles. The summed E-state index contributed by atoms with van der Waals surface area (Å²) in [6.45, 7) is 2.52. The third-order valence-corrected chi connectivity index (χ3v) is 4.46. The topological polar surface area (TPSA) is 63.2 Å². The maximum absolute atomic E-state index is 12.5.